The van der Waals surface area contributed by atoms with Crippen molar-refractivity contribution < 1.29 is 28.7 Å². The molecule has 2 aromatic carbocycles. The summed E-state index contributed by atoms with van der Waals surface area (Å²) in [5.41, 5.74) is 15.9. The number of benzene rings is 2. The van der Waals surface area contributed by atoms with Gasteiger partial charge >= 0.3 is 11.9 Å². The summed E-state index contributed by atoms with van der Waals surface area (Å²) in [6.45, 7) is 6.20. The monoisotopic (exact) mass is 511 g/mol. The van der Waals surface area contributed by atoms with Crippen LogP contribution >= 0.6 is 0 Å². The molecule has 9 nitrogen and oxygen atoms in total. The number of rotatable bonds is 13. The fraction of sp³-hybridized carbons (Fsp3) is 0.429. The molecule has 0 aliphatic carbocycles. The highest BCUT2D eigenvalue weighted by atomic mass is 16.5. The molecular formula is C28H37N3O6. The van der Waals surface area contributed by atoms with Crippen molar-refractivity contribution in [3.8, 4) is 0 Å². The van der Waals surface area contributed by atoms with Crippen LogP contribution in [-0.4, -0.2) is 40.6 Å². The number of hydrogen-bond donors (Lipinski definition) is 3. The van der Waals surface area contributed by atoms with E-state index in [2.05, 4.69) is 0 Å². The summed E-state index contributed by atoms with van der Waals surface area (Å²) in [7, 11) is 0. The Morgan fingerprint density at radius 2 is 1.08 bits per heavy atom. The molecule has 3 atom stereocenters. The largest absolute Gasteiger partial charge is 0.459 e. The first-order valence-corrected chi connectivity index (χ1v) is 12.2. The summed E-state index contributed by atoms with van der Waals surface area (Å²) >= 11 is 0. The van der Waals surface area contributed by atoms with Crippen LogP contribution in [0, 0.1) is 11.8 Å². The summed E-state index contributed by atoms with van der Waals surface area (Å²) < 4.78 is 10.7. The van der Waals surface area contributed by atoms with E-state index in [0.717, 1.165) is 5.56 Å². The Bertz CT molecular complexity index is 1090. The van der Waals surface area contributed by atoms with E-state index in [9.17, 15) is 19.2 Å². The van der Waals surface area contributed by atoms with E-state index < -0.39 is 58.9 Å². The van der Waals surface area contributed by atoms with Crippen molar-refractivity contribution in [3.05, 3.63) is 71.8 Å². The minimum Gasteiger partial charge on any atom is -0.459 e. The molecular weight excluding hydrogens is 474 g/mol. The molecule has 0 heterocycles. The first kappa shape index (κ1) is 29.8. The minimum atomic E-state index is -2.10. The van der Waals surface area contributed by atoms with E-state index in [1.54, 1.807) is 76.2 Å². The molecule has 0 aromatic heterocycles. The lowest BCUT2D eigenvalue weighted by atomic mass is 9.76. The molecule has 9 heteroatoms. The van der Waals surface area contributed by atoms with Crippen molar-refractivity contribution in [2.24, 2.45) is 29.0 Å². The molecule has 6 N–H and O–H groups in total. The van der Waals surface area contributed by atoms with E-state index >= 15 is 0 Å². The highest BCUT2D eigenvalue weighted by Gasteiger charge is 2.51. The van der Waals surface area contributed by atoms with Crippen LogP contribution in [0.2, 0.25) is 0 Å². The van der Waals surface area contributed by atoms with Crippen LogP contribution < -0.4 is 17.2 Å². The number of hydrogen-bond acceptors (Lipinski definition) is 9. The smallest absolute Gasteiger partial charge is 0.334 e. The van der Waals surface area contributed by atoms with Crippen LogP contribution in [-0.2, 0) is 41.9 Å². The number of Topliss-reactive ketones (excluding diaryl/α,β-unsaturated/α-hetero) is 2. The van der Waals surface area contributed by atoms with Gasteiger partial charge in [0.2, 0.25) is 0 Å². The van der Waals surface area contributed by atoms with Gasteiger partial charge in [-0.15, -0.1) is 0 Å². The molecule has 0 bridgehead atoms. The topological polar surface area (TPSA) is 165 Å². The summed E-state index contributed by atoms with van der Waals surface area (Å²) in [5, 5.41) is 0. The molecule has 200 valence electrons. The third-order valence-corrected chi connectivity index (χ3v) is 6.53. The number of nitrogens with two attached hydrogens (primary N) is 3. The molecule has 0 aliphatic rings. The molecule has 0 spiro atoms. The predicted molar refractivity (Wildman–Crippen MR) is 139 cm³/mol. The molecule has 0 aliphatic heterocycles. The average molecular weight is 512 g/mol. The maximum absolute atomic E-state index is 13.3. The molecule has 2 aromatic rings. The Morgan fingerprint density at radius 1 is 0.703 bits per heavy atom. The van der Waals surface area contributed by atoms with Gasteiger partial charge in [-0.2, -0.15) is 0 Å². The summed E-state index contributed by atoms with van der Waals surface area (Å²) in [5.74, 6) is -4.89. The van der Waals surface area contributed by atoms with Gasteiger partial charge in [-0.3, -0.25) is 9.59 Å². The SMILES string of the molecule is CC(C)C(N)(C(=O)CC(N)C(=O)C(N)(C(=O)OCc1ccccc1)C(C)C)C(=O)OCc1ccccc1. The molecule has 2 rings (SSSR count). The molecule has 3 unspecified atom stereocenters. The van der Waals surface area contributed by atoms with Gasteiger partial charge in [0, 0.05) is 6.42 Å². The van der Waals surface area contributed by atoms with Crippen molar-refractivity contribution in [3.63, 3.8) is 0 Å². The molecule has 0 amide bonds. The highest BCUT2D eigenvalue weighted by Crippen LogP contribution is 2.24. The summed E-state index contributed by atoms with van der Waals surface area (Å²) in [6, 6.07) is 16.3. The van der Waals surface area contributed by atoms with Gasteiger partial charge in [0.05, 0.1) is 6.04 Å². The first-order valence-electron chi connectivity index (χ1n) is 12.2. The third kappa shape index (κ3) is 6.88. The zero-order valence-electron chi connectivity index (χ0n) is 21.8. The van der Waals surface area contributed by atoms with Crippen LogP contribution in [0.4, 0.5) is 0 Å². The Hall–Kier alpha value is -3.40. The fourth-order valence-corrected chi connectivity index (χ4v) is 3.75. The number of ketones is 2. The lowest BCUT2D eigenvalue weighted by Crippen LogP contribution is -2.65. The lowest BCUT2D eigenvalue weighted by Gasteiger charge is -2.33. The van der Waals surface area contributed by atoms with Crippen molar-refractivity contribution in [1.82, 2.24) is 0 Å². The average Bonchev–Trinajstić information content (AvgIpc) is 2.89. The van der Waals surface area contributed by atoms with Gasteiger partial charge in [-0.05, 0) is 23.0 Å². The standard InChI is InChI=1S/C28H37N3O6/c1-18(2)27(30,25(34)36-16-20-11-7-5-8-12-20)23(32)15-22(29)24(33)28(31,19(3)4)26(35)37-17-21-13-9-6-10-14-21/h5-14,18-19,22H,15-17,29-31H2,1-4H3. The molecule has 0 saturated carbocycles. The van der Waals surface area contributed by atoms with E-state index in [4.69, 9.17) is 26.7 Å². The summed E-state index contributed by atoms with van der Waals surface area (Å²) in [4.78, 5) is 52.4. The minimum absolute atomic E-state index is 0.0733. The maximum atomic E-state index is 13.3. The van der Waals surface area contributed by atoms with Crippen LogP contribution in [0.25, 0.3) is 0 Å². The quantitative estimate of drug-likeness (QED) is 0.269. The van der Waals surface area contributed by atoms with Crippen molar-refractivity contribution in [2.45, 2.75) is 64.4 Å². The normalized spacial score (nSPS) is 15.4. The molecule has 37 heavy (non-hydrogen) atoms. The van der Waals surface area contributed by atoms with E-state index in [0.29, 0.717) is 5.56 Å². The zero-order chi connectivity index (χ0) is 27.8. The number of carbonyl (C=O) groups excluding carboxylic acids is 4. The zero-order valence-corrected chi connectivity index (χ0v) is 21.8. The Balaban J connectivity index is 2.14. The van der Waals surface area contributed by atoms with Crippen LogP contribution in [0.15, 0.2) is 60.7 Å². The van der Waals surface area contributed by atoms with E-state index in [1.807, 2.05) is 12.1 Å². The Kier molecular flexibility index (Phi) is 10.2. The van der Waals surface area contributed by atoms with Crippen molar-refractivity contribution in [1.29, 1.82) is 0 Å². The van der Waals surface area contributed by atoms with Crippen molar-refractivity contribution >= 4 is 23.5 Å². The van der Waals surface area contributed by atoms with Gasteiger partial charge in [0.1, 0.15) is 13.2 Å². The lowest BCUT2D eigenvalue weighted by molar-refractivity contribution is -0.160. The van der Waals surface area contributed by atoms with Crippen molar-refractivity contribution in [2.75, 3.05) is 0 Å². The van der Waals surface area contributed by atoms with Gasteiger partial charge < -0.3 is 26.7 Å². The molecule has 0 saturated heterocycles. The Morgan fingerprint density at radius 3 is 1.46 bits per heavy atom. The number of esters is 2. The molecule has 0 radical (unpaired) electrons. The van der Waals surface area contributed by atoms with Crippen LogP contribution in [0.1, 0.15) is 45.2 Å². The second kappa shape index (κ2) is 12.7. The molecule has 0 fully saturated rings. The summed E-state index contributed by atoms with van der Waals surface area (Å²) in [6.07, 6.45) is -0.606. The Labute approximate surface area is 217 Å². The second-order valence-corrected chi connectivity index (χ2v) is 9.77. The van der Waals surface area contributed by atoms with E-state index in [-0.39, 0.29) is 13.2 Å². The van der Waals surface area contributed by atoms with Crippen LogP contribution in [0.5, 0.6) is 0 Å². The number of ether oxygens (including phenoxy) is 2. The van der Waals surface area contributed by atoms with Gasteiger partial charge in [0.25, 0.3) is 0 Å². The number of carbonyl (C=O) groups is 4. The van der Waals surface area contributed by atoms with Gasteiger partial charge in [0.15, 0.2) is 22.6 Å². The fourth-order valence-electron chi connectivity index (χ4n) is 3.75. The van der Waals surface area contributed by atoms with Gasteiger partial charge in [-0.1, -0.05) is 88.4 Å². The third-order valence-electron chi connectivity index (χ3n) is 6.53. The maximum Gasteiger partial charge on any atom is 0.334 e. The highest BCUT2D eigenvalue weighted by molar-refractivity contribution is 6.14. The first-order chi connectivity index (χ1) is 17.3. The second-order valence-electron chi connectivity index (χ2n) is 9.77. The van der Waals surface area contributed by atoms with Crippen LogP contribution in [0.3, 0.4) is 0 Å². The van der Waals surface area contributed by atoms with E-state index in [1.165, 1.54) is 0 Å². The van der Waals surface area contributed by atoms with Gasteiger partial charge in [-0.25, -0.2) is 9.59 Å². The predicted octanol–water partition coefficient (Wildman–Crippen LogP) is 2.04.